The lowest BCUT2D eigenvalue weighted by atomic mass is 10.1. The van der Waals surface area contributed by atoms with E-state index in [-0.39, 0.29) is 27.6 Å². The summed E-state index contributed by atoms with van der Waals surface area (Å²) in [6.07, 6.45) is 1.38. The van der Waals surface area contributed by atoms with E-state index in [2.05, 4.69) is 4.98 Å². The molecule has 1 saturated heterocycles. The fraction of sp³-hybridized carbons (Fsp3) is 0.520. The molecule has 2 N–H and O–H groups in total. The molecule has 0 saturated carbocycles. The lowest BCUT2D eigenvalue weighted by Crippen LogP contribution is -2.49. The number of rotatable bonds is 10. The summed E-state index contributed by atoms with van der Waals surface area (Å²) in [6, 6.07) is 4.61. The maximum atomic E-state index is 13.6. The molecular formula is C25H34ClN5O6S. The predicted octanol–water partition coefficient (Wildman–Crippen LogP) is 1.85. The topological polar surface area (TPSA) is 130 Å². The minimum atomic E-state index is -3.84. The molecular weight excluding hydrogens is 534 g/mol. The lowest BCUT2D eigenvalue weighted by Gasteiger charge is -2.33. The second-order valence-corrected chi connectivity index (χ2v) is 11.6. The van der Waals surface area contributed by atoms with E-state index in [4.69, 9.17) is 16.3 Å². The maximum absolute atomic E-state index is 13.6. The van der Waals surface area contributed by atoms with Crippen LogP contribution in [0.1, 0.15) is 26.7 Å². The second kappa shape index (κ2) is 11.6. The van der Waals surface area contributed by atoms with Crippen molar-refractivity contribution < 1.29 is 18.3 Å². The molecule has 4 rings (SSSR count). The van der Waals surface area contributed by atoms with Gasteiger partial charge in [-0.1, -0.05) is 25.4 Å². The van der Waals surface area contributed by atoms with Gasteiger partial charge in [0.2, 0.25) is 10.0 Å². The molecule has 3 aromatic rings. The Morgan fingerprint density at radius 3 is 2.42 bits per heavy atom. The molecule has 13 heteroatoms. The average Bonchev–Trinajstić information content (AvgIpc) is 3.25. The van der Waals surface area contributed by atoms with Crippen molar-refractivity contribution >= 4 is 32.7 Å². The number of ether oxygens (including phenoxy) is 1. The highest BCUT2D eigenvalue weighted by Gasteiger charge is 2.30. The number of benzene rings is 1. The van der Waals surface area contributed by atoms with Crippen molar-refractivity contribution in [1.29, 1.82) is 0 Å². The van der Waals surface area contributed by atoms with E-state index >= 15 is 0 Å². The first-order valence-corrected chi connectivity index (χ1v) is 14.6. The van der Waals surface area contributed by atoms with E-state index < -0.39 is 21.3 Å². The number of fused-ring (bicyclic) bond motifs is 1. The summed E-state index contributed by atoms with van der Waals surface area (Å²) >= 11 is 6.82. The Labute approximate surface area is 226 Å². The number of nitrogens with zero attached hydrogens (tertiary/aromatic N) is 4. The molecule has 0 amide bonds. The molecule has 0 bridgehead atoms. The van der Waals surface area contributed by atoms with Gasteiger partial charge in [-0.15, -0.1) is 0 Å². The Morgan fingerprint density at radius 1 is 1.08 bits per heavy atom. The molecule has 0 unspecified atom stereocenters. The summed E-state index contributed by atoms with van der Waals surface area (Å²) in [6.45, 7) is 6.81. The summed E-state index contributed by atoms with van der Waals surface area (Å²) in [4.78, 5) is 31.0. The maximum Gasteiger partial charge on any atom is 0.331 e. The van der Waals surface area contributed by atoms with Gasteiger partial charge in [0.1, 0.15) is 11.3 Å². The second-order valence-electron chi connectivity index (χ2n) is 9.31. The minimum Gasteiger partial charge on any atom is -0.493 e. The number of H-pyrrole nitrogens is 1. The number of aryl methyl sites for hydroxylation is 1. The van der Waals surface area contributed by atoms with Crippen molar-refractivity contribution in [2.75, 3.05) is 45.9 Å². The predicted molar refractivity (Wildman–Crippen MR) is 147 cm³/mol. The SMILES string of the molecule is CCCOc1ccc(S(=O)(=O)N2CCN(CCO)CC2)cc1-c1[nH]c2c(=O)n(C)c(=O)n(CCC)c2c1Cl. The van der Waals surface area contributed by atoms with E-state index in [0.717, 1.165) is 11.0 Å². The zero-order valence-electron chi connectivity index (χ0n) is 21.9. The normalized spacial score (nSPS) is 15.4. The zero-order chi connectivity index (χ0) is 27.6. The summed E-state index contributed by atoms with van der Waals surface area (Å²) < 4.78 is 37.0. The number of piperazine rings is 1. The Morgan fingerprint density at radius 2 is 1.79 bits per heavy atom. The van der Waals surface area contributed by atoms with Crippen LogP contribution in [0.5, 0.6) is 5.75 Å². The van der Waals surface area contributed by atoms with Crippen LogP contribution in [-0.4, -0.2) is 82.8 Å². The average molecular weight is 568 g/mol. The number of hydrogen-bond acceptors (Lipinski definition) is 7. The number of aliphatic hydroxyl groups excluding tert-OH is 1. The van der Waals surface area contributed by atoms with E-state index in [1.807, 2.05) is 18.7 Å². The van der Waals surface area contributed by atoms with Gasteiger partial charge in [0.15, 0.2) is 0 Å². The number of halogens is 1. The number of sulfonamides is 1. The van der Waals surface area contributed by atoms with Crippen LogP contribution in [0.25, 0.3) is 22.3 Å². The van der Waals surface area contributed by atoms with Crippen LogP contribution >= 0.6 is 11.6 Å². The Kier molecular flexibility index (Phi) is 8.68. The van der Waals surface area contributed by atoms with Gasteiger partial charge >= 0.3 is 5.69 Å². The fourth-order valence-electron chi connectivity index (χ4n) is 4.71. The highest BCUT2D eigenvalue weighted by Crippen LogP contribution is 2.39. The van der Waals surface area contributed by atoms with Gasteiger partial charge in [0, 0.05) is 51.9 Å². The molecule has 2 aromatic heterocycles. The highest BCUT2D eigenvalue weighted by molar-refractivity contribution is 7.89. The first-order valence-electron chi connectivity index (χ1n) is 12.8. The molecule has 208 valence electrons. The summed E-state index contributed by atoms with van der Waals surface area (Å²) in [5, 5.41) is 9.33. The largest absolute Gasteiger partial charge is 0.493 e. The van der Waals surface area contributed by atoms with E-state index in [0.29, 0.717) is 69.3 Å². The lowest BCUT2D eigenvalue weighted by molar-refractivity contribution is 0.151. The molecule has 1 aliphatic heterocycles. The summed E-state index contributed by atoms with van der Waals surface area (Å²) in [5.74, 6) is 0.410. The Bertz CT molecular complexity index is 1540. The quantitative estimate of drug-likeness (QED) is 0.382. The standard InChI is InChI=1S/C25H34ClN5O6S/c1-4-8-31-23-20(26)21(27-22(23)24(33)28(3)25(31)34)18-16-17(6-7-19(18)37-15-5-2)38(35,36)30-11-9-29(10-12-30)13-14-32/h6-7,16,27,32H,4-5,8-15H2,1-3H3. The smallest absolute Gasteiger partial charge is 0.331 e. The minimum absolute atomic E-state index is 0.0236. The third kappa shape index (κ3) is 5.15. The number of aromatic nitrogens is 3. The number of nitrogens with one attached hydrogen (secondary N) is 1. The number of hydrogen-bond donors (Lipinski definition) is 2. The van der Waals surface area contributed by atoms with Crippen LogP contribution < -0.4 is 16.0 Å². The highest BCUT2D eigenvalue weighted by atomic mass is 35.5. The van der Waals surface area contributed by atoms with E-state index in [1.165, 1.54) is 28.1 Å². The fourth-order valence-corrected chi connectivity index (χ4v) is 6.50. The first-order chi connectivity index (χ1) is 18.1. The zero-order valence-corrected chi connectivity index (χ0v) is 23.4. The molecule has 0 aliphatic carbocycles. The molecule has 1 aromatic carbocycles. The van der Waals surface area contributed by atoms with Crippen molar-refractivity contribution in [2.24, 2.45) is 7.05 Å². The van der Waals surface area contributed by atoms with Gasteiger partial charge in [-0.05, 0) is 31.0 Å². The first kappa shape index (κ1) is 28.4. The van der Waals surface area contributed by atoms with Gasteiger partial charge in [0.05, 0.1) is 34.3 Å². The molecule has 0 spiro atoms. The van der Waals surface area contributed by atoms with Crippen LogP contribution in [0.4, 0.5) is 0 Å². The molecule has 1 aliphatic rings. The van der Waals surface area contributed by atoms with Crippen molar-refractivity contribution in [2.45, 2.75) is 38.1 Å². The summed E-state index contributed by atoms with van der Waals surface area (Å²) in [7, 11) is -2.43. The third-order valence-electron chi connectivity index (χ3n) is 6.73. The third-order valence-corrected chi connectivity index (χ3v) is 9.00. The van der Waals surface area contributed by atoms with Crippen LogP contribution in [0, 0.1) is 0 Å². The molecule has 0 atom stereocenters. The van der Waals surface area contributed by atoms with Gasteiger partial charge < -0.3 is 14.8 Å². The molecule has 3 heterocycles. The van der Waals surface area contributed by atoms with Gasteiger partial charge in [-0.2, -0.15) is 4.31 Å². The number of aliphatic hydroxyl groups is 1. The molecule has 1 fully saturated rings. The van der Waals surface area contributed by atoms with Crippen molar-refractivity contribution in [1.82, 2.24) is 23.3 Å². The Balaban J connectivity index is 1.86. The number of aromatic amines is 1. The Hall–Kier alpha value is -2.64. The van der Waals surface area contributed by atoms with Crippen molar-refractivity contribution in [3.63, 3.8) is 0 Å². The monoisotopic (exact) mass is 567 g/mol. The van der Waals surface area contributed by atoms with Crippen LogP contribution in [0.3, 0.4) is 0 Å². The molecule has 11 nitrogen and oxygen atoms in total. The number of β-amino-alcohol motifs (C(OH)–C–C–N with tert-alkyl or cyclic N) is 1. The van der Waals surface area contributed by atoms with Crippen molar-refractivity contribution in [3.05, 3.63) is 44.1 Å². The van der Waals surface area contributed by atoms with Gasteiger partial charge in [-0.3, -0.25) is 18.8 Å². The van der Waals surface area contributed by atoms with Gasteiger partial charge in [0.25, 0.3) is 5.56 Å². The molecule has 38 heavy (non-hydrogen) atoms. The summed E-state index contributed by atoms with van der Waals surface area (Å²) in [5.41, 5.74) is 0.144. The van der Waals surface area contributed by atoms with Crippen LogP contribution in [-0.2, 0) is 23.6 Å². The van der Waals surface area contributed by atoms with Crippen LogP contribution in [0.15, 0.2) is 32.7 Å². The molecule has 0 radical (unpaired) electrons. The van der Waals surface area contributed by atoms with E-state index in [9.17, 15) is 23.1 Å². The van der Waals surface area contributed by atoms with Gasteiger partial charge in [-0.25, -0.2) is 13.2 Å². The van der Waals surface area contributed by atoms with Crippen molar-refractivity contribution in [3.8, 4) is 17.0 Å². The van der Waals surface area contributed by atoms with Crippen LogP contribution in [0.2, 0.25) is 5.02 Å². The van der Waals surface area contributed by atoms with E-state index in [1.54, 1.807) is 6.07 Å².